The zero-order chi connectivity index (χ0) is 24.0. The summed E-state index contributed by atoms with van der Waals surface area (Å²) in [6.45, 7) is 8.91. The SMILES string of the molecule is C[C@@H]1CN(c2ccc3cnccc3n2)C[C@H](C)N1C(=O)OC1CC2(C1)CN(Cc1ccccc1)C2. The molecule has 1 aromatic carbocycles. The van der Waals surface area contributed by atoms with E-state index in [1.54, 1.807) is 6.20 Å². The van der Waals surface area contributed by atoms with Gasteiger partial charge in [0.15, 0.2) is 0 Å². The third-order valence-corrected chi connectivity index (χ3v) is 7.88. The predicted molar refractivity (Wildman–Crippen MR) is 136 cm³/mol. The second-order valence-electron chi connectivity index (χ2n) is 10.8. The quantitative estimate of drug-likeness (QED) is 0.565. The minimum atomic E-state index is -0.164. The zero-order valence-corrected chi connectivity index (χ0v) is 20.5. The van der Waals surface area contributed by atoms with E-state index in [1.165, 1.54) is 5.56 Å². The van der Waals surface area contributed by atoms with Crippen LogP contribution in [0.2, 0.25) is 0 Å². The van der Waals surface area contributed by atoms with Gasteiger partial charge in [-0.25, -0.2) is 9.78 Å². The van der Waals surface area contributed by atoms with Crippen molar-refractivity contribution in [3.63, 3.8) is 0 Å². The lowest BCUT2D eigenvalue weighted by Gasteiger charge is -2.58. The number of nitrogens with zero attached hydrogens (tertiary/aromatic N) is 5. The molecule has 2 saturated heterocycles. The Balaban J connectivity index is 1.01. The topological polar surface area (TPSA) is 61.8 Å². The van der Waals surface area contributed by atoms with Crippen molar-refractivity contribution in [1.29, 1.82) is 0 Å². The summed E-state index contributed by atoms with van der Waals surface area (Å²) in [6, 6.07) is 16.8. The first kappa shape index (κ1) is 22.3. The number of hydrogen-bond donors (Lipinski definition) is 0. The predicted octanol–water partition coefficient (Wildman–Crippen LogP) is 4.33. The molecule has 4 heterocycles. The smallest absolute Gasteiger partial charge is 0.410 e. The number of rotatable bonds is 4. The van der Waals surface area contributed by atoms with Gasteiger partial charge in [0, 0.05) is 55.9 Å². The van der Waals surface area contributed by atoms with Crippen LogP contribution in [0.15, 0.2) is 60.9 Å². The van der Waals surface area contributed by atoms with Crippen LogP contribution in [0.1, 0.15) is 32.3 Å². The van der Waals surface area contributed by atoms with E-state index in [1.807, 2.05) is 23.2 Å². The zero-order valence-electron chi connectivity index (χ0n) is 20.5. The Labute approximate surface area is 206 Å². The number of benzene rings is 1. The summed E-state index contributed by atoms with van der Waals surface area (Å²) in [7, 11) is 0. The third kappa shape index (κ3) is 4.33. The Morgan fingerprint density at radius 1 is 1.03 bits per heavy atom. The van der Waals surface area contributed by atoms with Gasteiger partial charge in [0.2, 0.25) is 0 Å². The van der Waals surface area contributed by atoms with Crippen molar-refractivity contribution in [2.45, 2.75) is 51.4 Å². The summed E-state index contributed by atoms with van der Waals surface area (Å²) in [5, 5.41) is 1.03. The molecule has 3 aromatic rings. The number of anilines is 1. The number of carbonyl (C=O) groups excluding carboxylic acids is 1. The van der Waals surface area contributed by atoms with Crippen LogP contribution in [0, 0.1) is 5.41 Å². The molecule has 2 atom stereocenters. The molecule has 1 aliphatic carbocycles. The van der Waals surface area contributed by atoms with Gasteiger partial charge in [0.05, 0.1) is 17.6 Å². The fourth-order valence-electron chi connectivity index (χ4n) is 6.31. The molecule has 7 heteroatoms. The van der Waals surface area contributed by atoms with Gasteiger partial charge < -0.3 is 9.64 Å². The molecular formula is C28H33N5O2. The number of amides is 1. The van der Waals surface area contributed by atoms with Crippen molar-refractivity contribution < 1.29 is 9.53 Å². The minimum absolute atomic E-state index is 0.0505. The first-order valence-electron chi connectivity index (χ1n) is 12.7. The number of aromatic nitrogens is 2. The average Bonchev–Trinajstić information content (AvgIpc) is 2.81. The van der Waals surface area contributed by atoms with Gasteiger partial charge >= 0.3 is 6.09 Å². The van der Waals surface area contributed by atoms with E-state index in [0.717, 1.165) is 62.3 Å². The van der Waals surface area contributed by atoms with Gasteiger partial charge in [0.25, 0.3) is 0 Å². The normalized spacial score (nSPS) is 24.3. The summed E-state index contributed by atoms with van der Waals surface area (Å²) in [4.78, 5) is 28.8. The molecule has 182 valence electrons. The highest BCUT2D eigenvalue weighted by molar-refractivity contribution is 5.79. The number of hydrogen-bond acceptors (Lipinski definition) is 6. The Morgan fingerprint density at radius 2 is 1.77 bits per heavy atom. The second-order valence-corrected chi connectivity index (χ2v) is 10.8. The molecule has 2 aromatic heterocycles. The van der Waals surface area contributed by atoms with E-state index in [-0.39, 0.29) is 24.3 Å². The van der Waals surface area contributed by atoms with E-state index in [2.05, 4.69) is 65.0 Å². The van der Waals surface area contributed by atoms with Crippen molar-refractivity contribution in [2.24, 2.45) is 5.41 Å². The van der Waals surface area contributed by atoms with Crippen molar-refractivity contribution in [3.8, 4) is 0 Å². The number of ether oxygens (including phenoxy) is 1. The highest BCUT2D eigenvalue weighted by atomic mass is 16.6. The van der Waals surface area contributed by atoms with Gasteiger partial charge in [-0.2, -0.15) is 0 Å². The van der Waals surface area contributed by atoms with Crippen LogP contribution in [0.4, 0.5) is 10.6 Å². The van der Waals surface area contributed by atoms with Gasteiger partial charge in [-0.1, -0.05) is 30.3 Å². The Morgan fingerprint density at radius 3 is 2.51 bits per heavy atom. The molecule has 2 aliphatic heterocycles. The Bertz CT molecular complexity index is 1190. The molecule has 0 bridgehead atoms. The fraction of sp³-hybridized carbons (Fsp3) is 0.464. The number of pyridine rings is 2. The van der Waals surface area contributed by atoms with Crippen LogP contribution < -0.4 is 4.90 Å². The standard InChI is InChI=1S/C28H33N5O2/c1-20-15-32(26-9-8-23-14-29-11-10-25(23)30-26)16-21(2)33(20)27(34)35-24-12-28(13-24)18-31(19-28)17-22-6-4-3-5-7-22/h3-11,14,20-21,24H,12-13,15-19H2,1-2H3/t20-,21+. The molecule has 7 nitrogen and oxygen atoms in total. The number of carbonyl (C=O) groups is 1. The van der Waals surface area contributed by atoms with Gasteiger partial charge in [-0.3, -0.25) is 14.8 Å². The average molecular weight is 472 g/mol. The van der Waals surface area contributed by atoms with Gasteiger partial charge in [-0.15, -0.1) is 0 Å². The summed E-state index contributed by atoms with van der Waals surface area (Å²) >= 11 is 0. The first-order chi connectivity index (χ1) is 17.0. The van der Waals surface area contributed by atoms with Gasteiger partial charge in [-0.05, 0) is 50.5 Å². The fourth-order valence-corrected chi connectivity index (χ4v) is 6.31. The molecule has 35 heavy (non-hydrogen) atoms. The van der Waals surface area contributed by atoms with Crippen LogP contribution >= 0.6 is 0 Å². The maximum absolute atomic E-state index is 13.1. The first-order valence-corrected chi connectivity index (χ1v) is 12.7. The second kappa shape index (κ2) is 8.79. The van der Waals surface area contributed by atoms with Crippen LogP contribution in [0.5, 0.6) is 0 Å². The summed E-state index contributed by atoms with van der Waals surface area (Å²) in [5.41, 5.74) is 2.66. The molecular weight excluding hydrogens is 438 g/mol. The van der Waals surface area contributed by atoms with E-state index in [4.69, 9.17) is 9.72 Å². The largest absolute Gasteiger partial charge is 0.446 e. The maximum atomic E-state index is 13.1. The lowest BCUT2D eigenvalue weighted by atomic mass is 9.61. The Hall–Kier alpha value is -3.19. The lowest BCUT2D eigenvalue weighted by molar-refractivity contribution is -0.137. The third-order valence-electron chi connectivity index (χ3n) is 7.88. The van der Waals surface area contributed by atoms with Crippen molar-refractivity contribution >= 4 is 22.8 Å². The summed E-state index contributed by atoms with van der Waals surface area (Å²) < 4.78 is 5.98. The van der Waals surface area contributed by atoms with E-state index >= 15 is 0 Å². The molecule has 1 saturated carbocycles. The van der Waals surface area contributed by atoms with E-state index < -0.39 is 0 Å². The van der Waals surface area contributed by atoms with Crippen molar-refractivity contribution in [2.75, 3.05) is 31.1 Å². The number of fused-ring (bicyclic) bond motifs is 1. The van der Waals surface area contributed by atoms with E-state index in [0.29, 0.717) is 5.41 Å². The monoisotopic (exact) mass is 471 g/mol. The van der Waals surface area contributed by atoms with Crippen molar-refractivity contribution in [1.82, 2.24) is 19.8 Å². The van der Waals surface area contributed by atoms with Crippen LogP contribution in [-0.4, -0.2) is 70.2 Å². The van der Waals surface area contributed by atoms with E-state index in [9.17, 15) is 4.79 Å². The molecule has 1 spiro atoms. The number of piperazine rings is 1. The number of likely N-dealkylation sites (tertiary alicyclic amines) is 1. The molecule has 0 unspecified atom stereocenters. The highest BCUT2D eigenvalue weighted by Crippen LogP contribution is 2.50. The summed E-state index contributed by atoms with van der Waals surface area (Å²) in [5.74, 6) is 0.946. The molecule has 3 aliphatic rings. The van der Waals surface area contributed by atoms with Crippen LogP contribution in [0.25, 0.3) is 10.9 Å². The van der Waals surface area contributed by atoms with Crippen LogP contribution in [0.3, 0.4) is 0 Å². The molecule has 0 radical (unpaired) electrons. The van der Waals surface area contributed by atoms with Crippen molar-refractivity contribution in [3.05, 3.63) is 66.5 Å². The minimum Gasteiger partial charge on any atom is -0.446 e. The lowest BCUT2D eigenvalue weighted by Crippen LogP contribution is -2.65. The van der Waals surface area contributed by atoms with Crippen LogP contribution in [-0.2, 0) is 11.3 Å². The molecule has 1 amide bonds. The van der Waals surface area contributed by atoms with Gasteiger partial charge in [0.1, 0.15) is 11.9 Å². The highest BCUT2D eigenvalue weighted by Gasteiger charge is 2.54. The molecule has 3 fully saturated rings. The molecule has 0 N–H and O–H groups in total. The maximum Gasteiger partial charge on any atom is 0.410 e. The molecule has 6 rings (SSSR count). The Kier molecular flexibility index (Phi) is 5.60. The summed E-state index contributed by atoms with van der Waals surface area (Å²) in [6.07, 6.45) is 5.47.